The Labute approximate surface area is 80.1 Å². The Hall–Kier alpha value is -2.00. The zero-order valence-corrected chi connectivity index (χ0v) is 7.25. The smallest absolute Gasteiger partial charge is 0.358 e. The third kappa shape index (κ3) is 2.24. The summed E-state index contributed by atoms with van der Waals surface area (Å²) in [5.74, 6) is -0.224. The summed E-state index contributed by atoms with van der Waals surface area (Å²) >= 11 is 0. The van der Waals surface area contributed by atoms with Crippen LogP contribution >= 0.6 is 0 Å². The molecule has 2 N–H and O–H groups in total. The molecule has 0 saturated carbocycles. The zero-order chi connectivity index (χ0) is 10.6. The van der Waals surface area contributed by atoms with E-state index in [1.54, 1.807) is 0 Å². The molecule has 6 heteroatoms. The molecule has 0 aliphatic rings. The third-order valence-corrected chi connectivity index (χ3v) is 1.70. The number of nitriles is 1. The van der Waals surface area contributed by atoms with Crippen LogP contribution in [0.2, 0.25) is 0 Å². The van der Waals surface area contributed by atoms with Crippen LogP contribution < -0.4 is 5.73 Å². The fourth-order valence-electron chi connectivity index (χ4n) is 0.941. The van der Waals surface area contributed by atoms with Crippen molar-refractivity contribution in [1.82, 2.24) is 4.98 Å². The lowest BCUT2D eigenvalue weighted by atomic mass is 10.1. The Morgan fingerprint density at radius 2 is 2.43 bits per heavy atom. The molecule has 0 unspecified atom stereocenters. The van der Waals surface area contributed by atoms with Crippen molar-refractivity contribution in [3.8, 4) is 6.07 Å². The predicted molar refractivity (Wildman–Crippen MR) is 48.0 cm³/mol. The molecule has 0 aliphatic heterocycles. The second kappa shape index (κ2) is 4.30. The van der Waals surface area contributed by atoms with Gasteiger partial charge < -0.3 is 15.8 Å². The van der Waals surface area contributed by atoms with Crippen molar-refractivity contribution in [2.24, 2.45) is 5.73 Å². The van der Waals surface area contributed by atoms with Gasteiger partial charge in [0.1, 0.15) is 6.20 Å². The average molecular weight is 192 g/mol. The molecule has 72 valence electrons. The lowest BCUT2D eigenvalue weighted by Crippen LogP contribution is -2.09. The first-order valence-electron chi connectivity index (χ1n) is 3.88. The predicted octanol–water partition coefficient (Wildman–Crippen LogP) is 0.903. The molecule has 0 amide bonds. The summed E-state index contributed by atoms with van der Waals surface area (Å²) in [4.78, 5) is 13.3. The van der Waals surface area contributed by atoms with E-state index in [-0.39, 0.29) is 12.2 Å². The molecular formula is C8H8N4O2. The molecule has 0 aromatic carbocycles. The van der Waals surface area contributed by atoms with Crippen LogP contribution in [-0.4, -0.2) is 9.91 Å². The Kier molecular flexibility index (Phi) is 3.09. The van der Waals surface area contributed by atoms with Crippen LogP contribution in [-0.2, 0) is 0 Å². The lowest BCUT2D eigenvalue weighted by Gasteiger charge is -2.03. The highest BCUT2D eigenvalue weighted by atomic mass is 16.6. The number of hydrogen-bond acceptors (Lipinski definition) is 5. The first kappa shape index (κ1) is 10.1. The lowest BCUT2D eigenvalue weighted by molar-refractivity contribution is -0.389. The first-order chi connectivity index (χ1) is 6.65. The normalized spacial score (nSPS) is 11.7. The molecular weight excluding hydrogens is 184 g/mol. The van der Waals surface area contributed by atoms with Gasteiger partial charge in [0, 0.05) is 17.7 Å². The molecule has 0 aliphatic carbocycles. The highest BCUT2D eigenvalue weighted by molar-refractivity contribution is 5.25. The molecule has 0 saturated heterocycles. The van der Waals surface area contributed by atoms with E-state index in [1.807, 2.05) is 6.07 Å². The summed E-state index contributed by atoms with van der Waals surface area (Å²) in [6.45, 7) is 0. The molecule has 0 fully saturated rings. The topological polar surface area (TPSA) is 106 Å². The third-order valence-electron chi connectivity index (χ3n) is 1.70. The van der Waals surface area contributed by atoms with Crippen LogP contribution in [0.15, 0.2) is 18.3 Å². The van der Waals surface area contributed by atoms with Crippen LogP contribution in [0.4, 0.5) is 5.82 Å². The van der Waals surface area contributed by atoms with E-state index in [0.717, 1.165) is 0 Å². The van der Waals surface area contributed by atoms with Gasteiger partial charge in [-0.25, -0.2) is 0 Å². The fourth-order valence-corrected chi connectivity index (χ4v) is 0.941. The number of nitrogens with two attached hydrogens (primary N) is 1. The molecule has 1 heterocycles. The maximum atomic E-state index is 10.3. The summed E-state index contributed by atoms with van der Waals surface area (Å²) in [5.41, 5.74) is 6.22. The maximum Gasteiger partial charge on any atom is 0.363 e. The minimum Gasteiger partial charge on any atom is -0.358 e. The Morgan fingerprint density at radius 1 is 1.71 bits per heavy atom. The van der Waals surface area contributed by atoms with E-state index in [0.29, 0.717) is 5.56 Å². The van der Waals surface area contributed by atoms with Crippen molar-refractivity contribution < 1.29 is 4.92 Å². The summed E-state index contributed by atoms with van der Waals surface area (Å²) < 4.78 is 0. The van der Waals surface area contributed by atoms with E-state index in [4.69, 9.17) is 11.0 Å². The summed E-state index contributed by atoms with van der Waals surface area (Å²) in [5, 5.41) is 18.6. The van der Waals surface area contributed by atoms with E-state index in [9.17, 15) is 10.1 Å². The largest absolute Gasteiger partial charge is 0.363 e. The Balaban J connectivity index is 2.84. The van der Waals surface area contributed by atoms with Crippen molar-refractivity contribution in [3.63, 3.8) is 0 Å². The van der Waals surface area contributed by atoms with Gasteiger partial charge in [0.2, 0.25) is 0 Å². The van der Waals surface area contributed by atoms with Crippen LogP contribution in [0.25, 0.3) is 0 Å². The number of aromatic nitrogens is 1. The van der Waals surface area contributed by atoms with Crippen molar-refractivity contribution >= 4 is 5.82 Å². The molecule has 6 nitrogen and oxygen atoms in total. The number of pyridine rings is 1. The Morgan fingerprint density at radius 3 is 2.86 bits per heavy atom. The molecule has 1 aromatic heterocycles. The molecule has 0 spiro atoms. The second-order valence-corrected chi connectivity index (χ2v) is 2.68. The van der Waals surface area contributed by atoms with Crippen molar-refractivity contribution in [3.05, 3.63) is 34.0 Å². The van der Waals surface area contributed by atoms with Gasteiger partial charge in [-0.3, -0.25) is 0 Å². The minimum absolute atomic E-state index is 0.166. The summed E-state index contributed by atoms with van der Waals surface area (Å²) in [7, 11) is 0. The standard InChI is InChI=1S/C8H8N4O2/c9-4-3-7(10)6-1-2-8(11-5-6)12(13)14/h1-2,5,7H,3,10H2/t7-/m1/s1. The molecule has 0 radical (unpaired) electrons. The van der Waals surface area contributed by atoms with Crippen molar-refractivity contribution in [1.29, 1.82) is 5.26 Å². The van der Waals surface area contributed by atoms with Gasteiger partial charge in [0.25, 0.3) is 0 Å². The quantitative estimate of drug-likeness (QED) is 0.565. The fraction of sp³-hybridized carbons (Fsp3) is 0.250. The van der Waals surface area contributed by atoms with Crippen LogP contribution in [0.1, 0.15) is 18.0 Å². The van der Waals surface area contributed by atoms with E-state index in [1.165, 1.54) is 18.3 Å². The molecule has 0 bridgehead atoms. The van der Waals surface area contributed by atoms with E-state index >= 15 is 0 Å². The number of nitrogens with zero attached hydrogens (tertiary/aromatic N) is 3. The van der Waals surface area contributed by atoms with Crippen LogP contribution in [0, 0.1) is 21.4 Å². The van der Waals surface area contributed by atoms with Crippen molar-refractivity contribution in [2.45, 2.75) is 12.5 Å². The summed E-state index contributed by atoms with van der Waals surface area (Å²) in [6, 6.07) is 4.26. The van der Waals surface area contributed by atoms with Gasteiger partial charge >= 0.3 is 5.82 Å². The maximum absolute atomic E-state index is 10.3. The van der Waals surface area contributed by atoms with Gasteiger partial charge in [0.15, 0.2) is 0 Å². The molecule has 1 atom stereocenters. The molecule has 14 heavy (non-hydrogen) atoms. The average Bonchev–Trinajstić information content (AvgIpc) is 2.18. The van der Waals surface area contributed by atoms with Crippen molar-refractivity contribution in [2.75, 3.05) is 0 Å². The Bertz CT molecular complexity index is 368. The van der Waals surface area contributed by atoms with E-state index < -0.39 is 11.0 Å². The van der Waals surface area contributed by atoms with Gasteiger partial charge in [-0.05, 0) is 16.0 Å². The number of rotatable bonds is 3. The van der Waals surface area contributed by atoms with Gasteiger partial charge in [-0.2, -0.15) is 5.26 Å². The highest BCUT2D eigenvalue weighted by Gasteiger charge is 2.10. The molecule has 1 rings (SSSR count). The molecule has 1 aromatic rings. The second-order valence-electron chi connectivity index (χ2n) is 2.68. The van der Waals surface area contributed by atoms with Gasteiger partial charge in [-0.1, -0.05) is 0 Å². The van der Waals surface area contributed by atoms with Gasteiger partial charge in [0.05, 0.1) is 12.5 Å². The minimum atomic E-state index is -0.584. The van der Waals surface area contributed by atoms with Crippen LogP contribution in [0.5, 0.6) is 0 Å². The number of nitro groups is 1. The number of hydrogen-bond donors (Lipinski definition) is 1. The SMILES string of the molecule is N#CC[C@@H](N)c1ccc([N+](=O)[O-])nc1. The highest BCUT2D eigenvalue weighted by Crippen LogP contribution is 2.14. The van der Waals surface area contributed by atoms with Crippen LogP contribution in [0.3, 0.4) is 0 Å². The monoisotopic (exact) mass is 192 g/mol. The zero-order valence-electron chi connectivity index (χ0n) is 7.25. The van der Waals surface area contributed by atoms with Gasteiger partial charge in [-0.15, -0.1) is 0 Å². The van der Waals surface area contributed by atoms with E-state index in [2.05, 4.69) is 4.98 Å². The first-order valence-corrected chi connectivity index (χ1v) is 3.88. The summed E-state index contributed by atoms with van der Waals surface area (Å²) in [6.07, 6.45) is 1.49.